The lowest BCUT2D eigenvalue weighted by Gasteiger charge is -2.41. The molecule has 2 aromatic heterocycles. The Morgan fingerprint density at radius 3 is 2.43 bits per heavy atom. The Labute approximate surface area is 418 Å². The zero-order valence-corrected chi connectivity index (χ0v) is 46.9. The number of benzene rings is 2. The molecule has 4 amide bonds. The molecule has 2 fully saturated rings. The number of hydrogen-bond donors (Lipinski definition) is 2. The number of alkyl halides is 1. The van der Waals surface area contributed by atoms with Crippen molar-refractivity contribution in [3.63, 3.8) is 0 Å². The molecule has 0 saturated carbocycles. The van der Waals surface area contributed by atoms with E-state index in [4.69, 9.17) is 14.5 Å². The molecule has 2 aliphatic rings. The molecule has 0 bridgehead atoms. The van der Waals surface area contributed by atoms with Gasteiger partial charge in [-0.15, -0.1) is 0 Å². The monoisotopic (exact) mass is 996 g/mol. The largest absolute Gasteiger partial charge is 0.465 e. The molecule has 0 spiro atoms. The molecule has 2 aliphatic heterocycles. The lowest BCUT2D eigenvalue weighted by Crippen LogP contribution is -2.67. The van der Waals surface area contributed by atoms with Gasteiger partial charge < -0.3 is 29.2 Å². The number of hydrogen-bond acceptors (Lipinski definition) is 9. The number of likely N-dealkylation sites (tertiary alicyclic amines) is 1. The van der Waals surface area contributed by atoms with Crippen LogP contribution in [0.3, 0.4) is 0 Å². The van der Waals surface area contributed by atoms with Crippen LogP contribution in [0, 0.1) is 5.92 Å². The van der Waals surface area contributed by atoms with Gasteiger partial charge in [0, 0.05) is 96.0 Å². The highest BCUT2D eigenvalue weighted by atomic mass is 28.1. The number of nitrogens with zero attached hydrogens (tertiary/aromatic N) is 5. The summed E-state index contributed by atoms with van der Waals surface area (Å²) in [7, 11) is 4.11. The highest BCUT2D eigenvalue weighted by molar-refractivity contribution is 6.29. The van der Waals surface area contributed by atoms with E-state index in [1.165, 1.54) is 21.5 Å². The fourth-order valence-electron chi connectivity index (χ4n) is 10.3. The standard InChI is InChI=1S/C53H74FN7O7Si2/c1-9-16-39-41-32-38(21-22-43(41)60(11-3)47(39)40-19-14-26-55-45(40)35(6)67-8)37-18-12-17-36(30-37)31-42(49(64)61-27-15-23-53(70,57-61)51(66)68-29-10-2)56-48(63)46(34(4)5)58(7)50(65)52(69)24-28-59(33-52)44(62)20-13-25-54/h12-14,17-22,26,30,32,34-35,42,46,57H,9-11,15-16,23-25,27-29,31,33H2,1-8,69-70H3,(H,56,63)/b20-13+/t35-,42-,46-,52-,53-/m0/s1. The summed E-state index contributed by atoms with van der Waals surface area (Å²) in [6.07, 6.45) is 8.09. The van der Waals surface area contributed by atoms with Gasteiger partial charge in [0.25, 0.3) is 5.91 Å². The van der Waals surface area contributed by atoms with Crippen molar-refractivity contribution in [1.29, 1.82) is 0 Å². The maximum absolute atomic E-state index is 14.9. The van der Waals surface area contributed by atoms with E-state index in [0.717, 1.165) is 70.0 Å². The molecular weight excluding hydrogens is 922 g/mol. The first-order chi connectivity index (χ1) is 33.4. The number of likely N-dealkylation sites (N-methyl/N-ethyl adjacent to an activating group) is 1. The van der Waals surface area contributed by atoms with Gasteiger partial charge in [0.15, 0.2) is 0 Å². The van der Waals surface area contributed by atoms with Crippen LogP contribution in [0.2, 0.25) is 5.04 Å². The minimum atomic E-state index is -1.08. The number of pyridine rings is 1. The van der Waals surface area contributed by atoms with Crippen molar-refractivity contribution >= 4 is 61.0 Å². The van der Waals surface area contributed by atoms with Crippen LogP contribution >= 0.6 is 0 Å². The summed E-state index contributed by atoms with van der Waals surface area (Å²) in [4.78, 5) is 77.9. The smallest absolute Gasteiger partial charge is 0.323 e. The van der Waals surface area contributed by atoms with Gasteiger partial charge in [-0.3, -0.25) is 34.0 Å². The average Bonchev–Trinajstić information content (AvgIpc) is 3.91. The van der Waals surface area contributed by atoms with Crippen molar-refractivity contribution in [3.05, 3.63) is 89.8 Å². The fraction of sp³-hybridized carbons (Fsp3) is 0.509. The van der Waals surface area contributed by atoms with Gasteiger partial charge in [0.05, 0.1) is 29.1 Å². The van der Waals surface area contributed by atoms with E-state index in [1.54, 1.807) is 19.1 Å². The number of fused-ring (bicyclic) bond motifs is 1. The maximum Gasteiger partial charge on any atom is 0.323 e. The number of halogens is 1. The van der Waals surface area contributed by atoms with Gasteiger partial charge in [0.1, 0.15) is 23.9 Å². The van der Waals surface area contributed by atoms with Crippen molar-refractivity contribution in [1.82, 2.24) is 35.1 Å². The quantitative estimate of drug-likeness (QED) is 0.0709. The van der Waals surface area contributed by atoms with Gasteiger partial charge in [-0.2, -0.15) is 0 Å². The second-order valence-electron chi connectivity index (χ2n) is 19.7. The number of methoxy groups -OCH3 is 1. The van der Waals surface area contributed by atoms with Gasteiger partial charge in [-0.25, -0.2) is 9.82 Å². The van der Waals surface area contributed by atoms with E-state index in [0.29, 0.717) is 59.3 Å². The predicted octanol–water partition coefficient (Wildman–Crippen LogP) is 4.98. The van der Waals surface area contributed by atoms with Crippen molar-refractivity contribution in [2.75, 3.05) is 47.1 Å². The van der Waals surface area contributed by atoms with E-state index in [2.05, 4.69) is 65.6 Å². The number of aromatic nitrogens is 2. The Kier molecular flexibility index (Phi) is 18.2. The van der Waals surface area contributed by atoms with E-state index < -0.39 is 40.8 Å². The number of esters is 1. The number of amides is 4. The maximum atomic E-state index is 14.9. The summed E-state index contributed by atoms with van der Waals surface area (Å²) < 4.78 is 26.5. The first-order valence-electron chi connectivity index (χ1n) is 25.0. The minimum Gasteiger partial charge on any atom is -0.465 e. The third kappa shape index (κ3) is 11.6. The molecule has 2 N–H and O–H groups in total. The molecule has 2 aromatic carbocycles. The SMILES string of the molecule is CCCOC(=O)[C@@]1([SiH3])CCCN(C(=O)[C@H](Cc2cccc(-c3ccc4c(c3)c(CCC)c(-c3cccnc3[C@H](C)OC)n4CC)c2)NC(=O)[C@H](C(C)C)N(C)C(=O)[C@]2([SiH3])CCN(C(=O)/C=C/CF)C2)N1. The Bertz CT molecular complexity index is 2570. The Morgan fingerprint density at radius 2 is 1.74 bits per heavy atom. The third-order valence-corrected chi connectivity index (χ3v) is 16.4. The Hall–Kier alpha value is -5.50. The highest BCUT2D eigenvalue weighted by Crippen LogP contribution is 2.40. The number of carbonyl (C=O) groups is 5. The first kappa shape index (κ1) is 53.8. The van der Waals surface area contributed by atoms with Crippen LogP contribution in [0.1, 0.15) is 96.6 Å². The molecule has 14 nitrogen and oxygen atoms in total. The number of ether oxygens (including phenoxy) is 2. The van der Waals surface area contributed by atoms with E-state index in [9.17, 15) is 28.4 Å². The summed E-state index contributed by atoms with van der Waals surface area (Å²) in [5.41, 5.74) is 11.4. The third-order valence-electron chi connectivity index (χ3n) is 14.0. The molecule has 6 rings (SSSR count). The second-order valence-corrected chi connectivity index (χ2v) is 23.4. The lowest BCUT2D eigenvalue weighted by atomic mass is 9.95. The molecule has 0 unspecified atom stereocenters. The van der Waals surface area contributed by atoms with E-state index in [-0.39, 0.29) is 49.4 Å². The fourth-order valence-corrected chi connectivity index (χ4v) is 12.0. The summed E-state index contributed by atoms with van der Waals surface area (Å²) in [5.74, 6) is -2.22. The molecule has 5 atom stereocenters. The molecule has 2 saturated heterocycles. The number of allylic oxidation sites excluding steroid dienone is 1. The summed E-state index contributed by atoms with van der Waals surface area (Å²) in [6.45, 7) is 13.2. The van der Waals surface area contributed by atoms with Crippen LogP contribution < -0.4 is 10.7 Å². The number of rotatable bonds is 20. The van der Waals surface area contributed by atoms with Gasteiger partial charge in [-0.1, -0.05) is 64.4 Å². The van der Waals surface area contributed by atoms with Crippen LogP contribution in [-0.4, -0.2) is 139 Å². The normalized spacial score (nSPS) is 19.7. The van der Waals surface area contributed by atoms with E-state index >= 15 is 0 Å². The van der Waals surface area contributed by atoms with Crippen LogP contribution in [-0.2, 0) is 52.8 Å². The molecule has 70 heavy (non-hydrogen) atoms. The number of carbonyl (C=O) groups excluding carboxylic acids is 5. The molecule has 0 aliphatic carbocycles. The molecule has 0 radical (unpaired) electrons. The van der Waals surface area contributed by atoms with Crippen LogP contribution in [0.15, 0.2) is 72.9 Å². The van der Waals surface area contributed by atoms with Crippen molar-refractivity contribution in [3.8, 4) is 22.4 Å². The topological polar surface area (TPSA) is 155 Å². The molecule has 17 heteroatoms. The second kappa shape index (κ2) is 23.6. The summed E-state index contributed by atoms with van der Waals surface area (Å²) in [6, 6.07) is 16.7. The minimum absolute atomic E-state index is 0.128. The summed E-state index contributed by atoms with van der Waals surface area (Å²) >= 11 is 0. The molecule has 4 heterocycles. The van der Waals surface area contributed by atoms with Crippen LogP contribution in [0.5, 0.6) is 0 Å². The summed E-state index contributed by atoms with van der Waals surface area (Å²) in [5, 5.41) is 3.85. The van der Waals surface area contributed by atoms with Crippen molar-refractivity contribution in [2.45, 2.75) is 121 Å². The zero-order chi connectivity index (χ0) is 50.9. The average molecular weight is 996 g/mol. The zero-order valence-electron chi connectivity index (χ0n) is 42.9. The van der Waals surface area contributed by atoms with Crippen LogP contribution in [0.25, 0.3) is 33.3 Å². The van der Waals surface area contributed by atoms with Gasteiger partial charge in [0.2, 0.25) is 17.7 Å². The van der Waals surface area contributed by atoms with Crippen molar-refractivity contribution in [2.24, 2.45) is 5.92 Å². The highest BCUT2D eigenvalue weighted by Gasteiger charge is 2.47. The molecular formula is C53H74FN7O7Si2. The van der Waals surface area contributed by atoms with E-state index in [1.807, 2.05) is 52.1 Å². The predicted molar refractivity (Wildman–Crippen MR) is 280 cm³/mol. The van der Waals surface area contributed by atoms with Gasteiger partial charge >= 0.3 is 5.97 Å². The molecule has 4 aromatic rings. The number of hydrazine groups is 1. The van der Waals surface area contributed by atoms with Crippen LogP contribution in [0.4, 0.5) is 4.39 Å². The Balaban J connectivity index is 1.35. The van der Waals surface area contributed by atoms with Crippen molar-refractivity contribution < 1.29 is 37.8 Å². The number of aryl methyl sites for hydroxylation is 2. The van der Waals surface area contributed by atoms with Gasteiger partial charge in [-0.05, 0) is 104 Å². The first-order valence-corrected chi connectivity index (χ1v) is 27.0. The lowest BCUT2D eigenvalue weighted by molar-refractivity contribution is -0.156. The Morgan fingerprint density at radius 1 is 0.986 bits per heavy atom. The molecule has 378 valence electrons. The number of nitrogens with one attached hydrogen (secondary N) is 2.